The first kappa shape index (κ1) is 16.3. The summed E-state index contributed by atoms with van der Waals surface area (Å²) in [5, 5.41) is 15.2. The number of carbonyl (C=O) groups excluding carboxylic acids is 2. The second kappa shape index (κ2) is 10.9. The van der Waals surface area contributed by atoms with Crippen LogP contribution in [0.5, 0.6) is 0 Å². The zero-order chi connectivity index (χ0) is 12.3. The van der Waals surface area contributed by atoms with Gasteiger partial charge in [0, 0.05) is 0 Å². The Morgan fingerprint density at radius 1 is 1.20 bits per heavy atom. The maximum atomic E-state index is 10.6. The van der Waals surface area contributed by atoms with Crippen molar-refractivity contribution in [3.8, 4) is 0 Å². The van der Waals surface area contributed by atoms with Crippen molar-refractivity contribution in [2.45, 2.75) is 12.5 Å². The molecule has 0 aliphatic rings. The van der Waals surface area contributed by atoms with E-state index in [0.717, 1.165) is 0 Å². The number of ether oxygens (including phenoxy) is 2. The number of aliphatic hydroxyl groups is 2. The third-order valence-corrected chi connectivity index (χ3v) is 1.22. The molecule has 0 rings (SSSR count). The van der Waals surface area contributed by atoms with E-state index in [-0.39, 0.29) is 19.6 Å². The van der Waals surface area contributed by atoms with E-state index in [1.807, 2.05) is 0 Å². The van der Waals surface area contributed by atoms with Gasteiger partial charge in [0.15, 0.2) is 0 Å². The molecule has 1 unspecified atom stereocenters. The molecule has 7 heteroatoms. The van der Waals surface area contributed by atoms with Crippen LogP contribution in [0.15, 0.2) is 0 Å². The molecule has 0 heterocycles. The van der Waals surface area contributed by atoms with Crippen LogP contribution in [0.2, 0.25) is 0 Å². The van der Waals surface area contributed by atoms with Crippen molar-refractivity contribution in [2.24, 2.45) is 5.73 Å². The first-order valence-electron chi connectivity index (χ1n) is 4.15. The molecule has 0 amide bonds. The molecule has 7 nitrogen and oxygen atoms in total. The maximum absolute atomic E-state index is 10.6. The zero-order valence-corrected chi connectivity index (χ0v) is 8.80. The molecule has 15 heavy (non-hydrogen) atoms. The van der Waals surface area contributed by atoms with Gasteiger partial charge in [-0.05, 0) is 0 Å². The molecule has 0 fully saturated rings. The van der Waals surface area contributed by atoms with Gasteiger partial charge >= 0.3 is 11.9 Å². The summed E-state index contributed by atoms with van der Waals surface area (Å²) in [5.74, 6) is -1.14. The molecule has 0 radical (unpaired) electrons. The summed E-state index contributed by atoms with van der Waals surface area (Å²) < 4.78 is 8.57. The van der Waals surface area contributed by atoms with Crippen LogP contribution >= 0.6 is 0 Å². The number of methoxy groups -OCH3 is 2. The molecule has 0 aromatic rings. The monoisotopic (exact) mass is 223 g/mol. The maximum Gasteiger partial charge on any atom is 0.323 e. The second-order valence-corrected chi connectivity index (χ2v) is 2.36. The predicted octanol–water partition coefficient (Wildman–Crippen LogP) is -1.98. The Bertz CT molecular complexity index is 182. The van der Waals surface area contributed by atoms with Crippen LogP contribution in [-0.4, -0.2) is 55.6 Å². The van der Waals surface area contributed by atoms with Crippen molar-refractivity contribution in [3.63, 3.8) is 0 Å². The summed E-state index contributed by atoms with van der Waals surface area (Å²) in [6, 6.07) is -0.924. The smallest absolute Gasteiger partial charge is 0.323 e. The molecule has 0 spiro atoms. The van der Waals surface area contributed by atoms with Gasteiger partial charge in [0.05, 0.1) is 33.9 Å². The molecule has 0 aromatic carbocycles. The van der Waals surface area contributed by atoms with Gasteiger partial charge in [-0.3, -0.25) is 9.59 Å². The van der Waals surface area contributed by atoms with Crippen LogP contribution in [0.3, 0.4) is 0 Å². The van der Waals surface area contributed by atoms with E-state index in [0.29, 0.717) is 0 Å². The summed E-state index contributed by atoms with van der Waals surface area (Å²) in [4.78, 5) is 21.1. The van der Waals surface area contributed by atoms with Crippen LogP contribution in [0, 0.1) is 0 Å². The molecule has 4 N–H and O–H groups in total. The Morgan fingerprint density at radius 2 is 1.67 bits per heavy atom. The molecular weight excluding hydrogens is 206 g/mol. The molecule has 90 valence electrons. The standard InChI is InChI=1S/C6H11NO4.C2H6O2/c1-10-5(8)3-4(7)6(9)11-2;3-1-2-4/h4H,3,7H2,1-2H3;3-4H,1-2H2. The van der Waals surface area contributed by atoms with Gasteiger partial charge in [0.1, 0.15) is 6.04 Å². The van der Waals surface area contributed by atoms with Crippen LogP contribution < -0.4 is 5.73 Å². The number of rotatable bonds is 4. The van der Waals surface area contributed by atoms with Crippen molar-refractivity contribution in [2.75, 3.05) is 27.4 Å². The van der Waals surface area contributed by atoms with Crippen molar-refractivity contribution in [1.29, 1.82) is 0 Å². The number of hydrogen-bond acceptors (Lipinski definition) is 7. The predicted molar refractivity (Wildman–Crippen MR) is 50.8 cm³/mol. The first-order valence-corrected chi connectivity index (χ1v) is 4.15. The van der Waals surface area contributed by atoms with Gasteiger partial charge in [-0.25, -0.2) is 0 Å². The van der Waals surface area contributed by atoms with Crippen LogP contribution in [-0.2, 0) is 19.1 Å². The highest BCUT2D eigenvalue weighted by atomic mass is 16.5. The summed E-state index contributed by atoms with van der Waals surface area (Å²) >= 11 is 0. The normalized spacial score (nSPS) is 10.7. The van der Waals surface area contributed by atoms with E-state index in [2.05, 4.69) is 9.47 Å². The summed E-state index contributed by atoms with van der Waals surface area (Å²) in [5.41, 5.74) is 5.23. The lowest BCUT2D eigenvalue weighted by molar-refractivity contribution is -0.148. The third kappa shape index (κ3) is 10.7. The van der Waals surface area contributed by atoms with Crippen LogP contribution in [0.25, 0.3) is 0 Å². The zero-order valence-electron chi connectivity index (χ0n) is 8.80. The molecule has 0 bridgehead atoms. The van der Waals surface area contributed by atoms with Gasteiger partial charge in [-0.15, -0.1) is 0 Å². The Labute approximate surface area is 87.8 Å². The minimum atomic E-state index is -0.924. The Balaban J connectivity index is 0. The summed E-state index contributed by atoms with van der Waals surface area (Å²) in [6.45, 7) is -0.250. The van der Waals surface area contributed by atoms with E-state index < -0.39 is 18.0 Å². The third-order valence-electron chi connectivity index (χ3n) is 1.22. The number of nitrogens with two attached hydrogens (primary N) is 1. The average Bonchev–Trinajstić information content (AvgIpc) is 2.27. The number of esters is 2. The summed E-state index contributed by atoms with van der Waals surface area (Å²) in [7, 11) is 2.44. The fraction of sp³-hybridized carbons (Fsp3) is 0.750. The van der Waals surface area contributed by atoms with Gasteiger partial charge in [0.2, 0.25) is 0 Å². The van der Waals surface area contributed by atoms with Crippen molar-refractivity contribution in [3.05, 3.63) is 0 Å². The first-order chi connectivity index (χ1) is 7.03. The SMILES string of the molecule is COC(=O)CC(N)C(=O)OC.OCCO. The van der Waals surface area contributed by atoms with Crippen molar-refractivity contribution < 1.29 is 29.3 Å². The number of hydrogen-bond donors (Lipinski definition) is 3. The van der Waals surface area contributed by atoms with Crippen LogP contribution in [0.1, 0.15) is 6.42 Å². The molecule has 0 saturated carbocycles. The highest BCUT2D eigenvalue weighted by molar-refractivity contribution is 5.82. The highest BCUT2D eigenvalue weighted by Crippen LogP contribution is 1.92. The van der Waals surface area contributed by atoms with E-state index in [9.17, 15) is 9.59 Å². The largest absolute Gasteiger partial charge is 0.469 e. The summed E-state index contributed by atoms with van der Waals surface area (Å²) in [6.07, 6.45) is -0.150. The quantitative estimate of drug-likeness (QED) is 0.472. The van der Waals surface area contributed by atoms with Crippen molar-refractivity contribution in [1.82, 2.24) is 0 Å². The van der Waals surface area contributed by atoms with Gasteiger partial charge in [0.25, 0.3) is 0 Å². The average molecular weight is 223 g/mol. The molecule has 0 aromatic heterocycles. The fourth-order valence-electron chi connectivity index (χ4n) is 0.498. The molecular formula is C8H17NO6. The minimum absolute atomic E-state index is 0.125. The highest BCUT2D eigenvalue weighted by Gasteiger charge is 2.17. The Morgan fingerprint density at radius 3 is 1.93 bits per heavy atom. The number of carbonyl (C=O) groups is 2. The van der Waals surface area contributed by atoms with E-state index in [1.54, 1.807) is 0 Å². The van der Waals surface area contributed by atoms with Crippen LogP contribution in [0.4, 0.5) is 0 Å². The molecule has 0 aliphatic heterocycles. The van der Waals surface area contributed by atoms with Gasteiger partial charge < -0.3 is 25.4 Å². The fourth-order valence-corrected chi connectivity index (χ4v) is 0.498. The lowest BCUT2D eigenvalue weighted by atomic mass is 10.2. The Hall–Kier alpha value is -1.18. The molecule has 0 saturated heterocycles. The lowest BCUT2D eigenvalue weighted by Crippen LogP contribution is -2.34. The molecule has 1 atom stereocenters. The Kier molecular flexibility index (Phi) is 11.8. The van der Waals surface area contributed by atoms with Crippen molar-refractivity contribution >= 4 is 11.9 Å². The van der Waals surface area contributed by atoms with E-state index in [1.165, 1.54) is 14.2 Å². The second-order valence-electron chi connectivity index (χ2n) is 2.36. The minimum Gasteiger partial charge on any atom is -0.469 e. The molecule has 0 aliphatic carbocycles. The van der Waals surface area contributed by atoms with E-state index in [4.69, 9.17) is 15.9 Å². The van der Waals surface area contributed by atoms with Gasteiger partial charge in [-0.1, -0.05) is 0 Å². The topological polar surface area (TPSA) is 119 Å². The van der Waals surface area contributed by atoms with E-state index >= 15 is 0 Å². The van der Waals surface area contributed by atoms with Gasteiger partial charge in [-0.2, -0.15) is 0 Å². The number of aliphatic hydroxyl groups excluding tert-OH is 2. The lowest BCUT2D eigenvalue weighted by Gasteiger charge is -2.06.